The molecule has 1 aliphatic rings. The van der Waals surface area contributed by atoms with Crippen LogP contribution in [0.25, 0.3) is 11.0 Å². The van der Waals surface area contributed by atoms with Crippen LogP contribution >= 0.6 is 0 Å². The van der Waals surface area contributed by atoms with E-state index in [0.717, 1.165) is 35.4 Å². The van der Waals surface area contributed by atoms with Gasteiger partial charge in [-0.15, -0.1) is 0 Å². The first-order valence-corrected chi connectivity index (χ1v) is 8.17. The van der Waals surface area contributed by atoms with Crippen molar-refractivity contribution >= 4 is 28.5 Å². The van der Waals surface area contributed by atoms with Crippen molar-refractivity contribution in [1.82, 2.24) is 14.9 Å². The number of hydrogen-bond acceptors (Lipinski definition) is 4. The molecule has 2 aromatic rings. The second-order valence-corrected chi connectivity index (χ2v) is 6.01. The fraction of sp³-hybridized carbons (Fsp3) is 0.471. The summed E-state index contributed by atoms with van der Waals surface area (Å²) in [5.41, 5.74) is 2.54. The highest BCUT2D eigenvalue weighted by molar-refractivity contribution is 5.91. The van der Waals surface area contributed by atoms with Gasteiger partial charge in [-0.2, -0.15) is 0 Å². The van der Waals surface area contributed by atoms with Crippen molar-refractivity contribution in [1.29, 1.82) is 0 Å². The fourth-order valence-corrected chi connectivity index (χ4v) is 2.95. The first-order chi connectivity index (χ1) is 11.5. The van der Waals surface area contributed by atoms with E-state index < -0.39 is 0 Å². The van der Waals surface area contributed by atoms with Crippen LogP contribution in [0, 0.1) is 0 Å². The van der Waals surface area contributed by atoms with Crippen molar-refractivity contribution in [3.8, 4) is 0 Å². The van der Waals surface area contributed by atoms with Gasteiger partial charge in [0, 0.05) is 39.2 Å². The number of aromatic nitrogens is 2. The Morgan fingerprint density at radius 1 is 1.42 bits per heavy atom. The van der Waals surface area contributed by atoms with Crippen molar-refractivity contribution in [3.63, 3.8) is 0 Å². The average molecular weight is 330 g/mol. The number of carbonyl (C=O) groups is 2. The van der Waals surface area contributed by atoms with Gasteiger partial charge in [0.1, 0.15) is 11.9 Å². The lowest BCUT2D eigenvalue weighted by molar-refractivity contribution is -0.130. The topological polar surface area (TPSA) is 85.2 Å². The van der Waals surface area contributed by atoms with Gasteiger partial charge in [0.15, 0.2) is 0 Å². The molecule has 0 aliphatic carbocycles. The van der Waals surface area contributed by atoms with E-state index in [2.05, 4.69) is 15.6 Å². The number of carbonyl (C=O) groups excluding carboxylic acids is 2. The molecule has 1 saturated heterocycles. The van der Waals surface area contributed by atoms with E-state index in [1.807, 2.05) is 29.8 Å². The lowest BCUT2D eigenvalue weighted by Crippen LogP contribution is -2.35. The van der Waals surface area contributed by atoms with E-state index in [0.29, 0.717) is 19.6 Å². The lowest BCUT2D eigenvalue weighted by atomic mass is 10.2. The minimum Gasteiger partial charge on any atom is -0.368 e. The Labute approximate surface area is 140 Å². The number of imidazole rings is 1. The third-order valence-corrected chi connectivity index (χ3v) is 4.16. The maximum Gasteiger partial charge on any atom is 0.249 e. The molecule has 1 fully saturated rings. The summed E-state index contributed by atoms with van der Waals surface area (Å²) < 4.78 is 7.37. The van der Waals surface area contributed by atoms with Gasteiger partial charge in [-0.3, -0.25) is 9.59 Å². The minimum absolute atomic E-state index is 0.0424. The van der Waals surface area contributed by atoms with Gasteiger partial charge in [0.25, 0.3) is 0 Å². The molecule has 0 bridgehead atoms. The van der Waals surface area contributed by atoms with E-state index >= 15 is 0 Å². The molecule has 0 saturated carbocycles. The maximum atomic E-state index is 11.9. The molecule has 2 amide bonds. The number of fused-ring (bicyclic) bond motifs is 1. The highest BCUT2D eigenvalue weighted by Gasteiger charge is 2.23. The molecule has 1 aromatic heterocycles. The van der Waals surface area contributed by atoms with Crippen molar-refractivity contribution in [2.75, 3.05) is 18.5 Å². The monoisotopic (exact) mass is 330 g/mol. The molecule has 24 heavy (non-hydrogen) atoms. The molecule has 2 heterocycles. The largest absolute Gasteiger partial charge is 0.368 e. The Hall–Kier alpha value is -2.41. The molecule has 7 heteroatoms. The second kappa shape index (κ2) is 7.00. The molecule has 128 valence electrons. The zero-order chi connectivity index (χ0) is 17.1. The van der Waals surface area contributed by atoms with Gasteiger partial charge in [-0.05, 0) is 31.0 Å². The zero-order valence-corrected chi connectivity index (χ0v) is 14.0. The Kier molecular flexibility index (Phi) is 4.80. The summed E-state index contributed by atoms with van der Waals surface area (Å²) in [6.45, 7) is 2.67. The Morgan fingerprint density at radius 2 is 2.25 bits per heavy atom. The van der Waals surface area contributed by atoms with Crippen molar-refractivity contribution in [2.45, 2.75) is 32.3 Å². The molecule has 7 nitrogen and oxygen atoms in total. The molecule has 3 rings (SSSR count). The van der Waals surface area contributed by atoms with E-state index in [1.165, 1.54) is 6.92 Å². The lowest BCUT2D eigenvalue weighted by Gasteiger charge is -2.10. The normalized spacial score (nSPS) is 17.2. The number of aryl methyl sites for hydroxylation is 1. The number of ether oxygens (including phenoxy) is 1. The molecule has 2 N–H and O–H groups in total. The van der Waals surface area contributed by atoms with E-state index in [1.54, 1.807) is 0 Å². The number of hydrogen-bond donors (Lipinski definition) is 2. The third kappa shape index (κ3) is 3.56. The molecule has 1 aromatic carbocycles. The third-order valence-electron chi connectivity index (χ3n) is 4.16. The molecule has 0 radical (unpaired) electrons. The SMILES string of the molecule is CC(=O)Nc1ccc2c(c1)nc(CCNC(=O)[C@@H]1CCCO1)n2C. The second-order valence-electron chi connectivity index (χ2n) is 6.01. The number of nitrogens with zero attached hydrogens (tertiary/aromatic N) is 2. The van der Waals surface area contributed by atoms with Crippen molar-refractivity contribution < 1.29 is 14.3 Å². The van der Waals surface area contributed by atoms with Crippen molar-refractivity contribution in [3.05, 3.63) is 24.0 Å². The smallest absolute Gasteiger partial charge is 0.249 e. The van der Waals surface area contributed by atoms with Gasteiger partial charge in [0.2, 0.25) is 11.8 Å². The van der Waals surface area contributed by atoms with Crippen LogP contribution in [-0.2, 0) is 27.8 Å². The number of amides is 2. The van der Waals surface area contributed by atoms with Crippen LogP contribution < -0.4 is 10.6 Å². The summed E-state index contributed by atoms with van der Waals surface area (Å²) in [6.07, 6.45) is 2.08. The van der Waals surface area contributed by atoms with Crippen LogP contribution in [0.15, 0.2) is 18.2 Å². The van der Waals surface area contributed by atoms with Crippen LogP contribution in [0.2, 0.25) is 0 Å². The van der Waals surface area contributed by atoms with Gasteiger partial charge in [-0.1, -0.05) is 0 Å². The van der Waals surface area contributed by atoms with Gasteiger partial charge in [-0.25, -0.2) is 4.98 Å². The first-order valence-electron chi connectivity index (χ1n) is 8.17. The fourth-order valence-electron chi connectivity index (χ4n) is 2.95. The summed E-state index contributed by atoms with van der Waals surface area (Å²) in [5, 5.41) is 5.66. The molecular weight excluding hydrogens is 308 g/mol. The van der Waals surface area contributed by atoms with Crippen LogP contribution in [0.3, 0.4) is 0 Å². The number of benzene rings is 1. The molecule has 1 atom stereocenters. The number of nitrogens with one attached hydrogen (secondary N) is 2. The van der Waals surface area contributed by atoms with E-state index in [-0.39, 0.29) is 17.9 Å². The maximum absolute atomic E-state index is 11.9. The van der Waals surface area contributed by atoms with Crippen LogP contribution in [0.1, 0.15) is 25.6 Å². The van der Waals surface area contributed by atoms with Crippen LogP contribution in [0.4, 0.5) is 5.69 Å². The summed E-state index contributed by atoms with van der Waals surface area (Å²) in [7, 11) is 1.95. The minimum atomic E-state index is -0.300. The van der Waals surface area contributed by atoms with Gasteiger partial charge >= 0.3 is 0 Å². The van der Waals surface area contributed by atoms with Gasteiger partial charge in [0.05, 0.1) is 11.0 Å². The molecule has 0 unspecified atom stereocenters. The summed E-state index contributed by atoms with van der Waals surface area (Å²) in [5.74, 6) is 0.735. The average Bonchev–Trinajstić information content (AvgIpc) is 3.16. The number of rotatable bonds is 5. The highest BCUT2D eigenvalue weighted by Crippen LogP contribution is 2.20. The molecule has 1 aliphatic heterocycles. The van der Waals surface area contributed by atoms with E-state index in [4.69, 9.17) is 4.74 Å². The Morgan fingerprint density at radius 3 is 2.96 bits per heavy atom. The Balaban J connectivity index is 1.64. The molecular formula is C17H22N4O3. The van der Waals surface area contributed by atoms with Crippen molar-refractivity contribution in [2.24, 2.45) is 7.05 Å². The van der Waals surface area contributed by atoms with Gasteiger partial charge < -0.3 is 19.9 Å². The highest BCUT2D eigenvalue weighted by atomic mass is 16.5. The van der Waals surface area contributed by atoms with Crippen LogP contribution in [0.5, 0.6) is 0 Å². The first kappa shape index (κ1) is 16.4. The molecule has 0 spiro atoms. The Bertz CT molecular complexity index is 763. The standard InChI is InChI=1S/C17H22N4O3/c1-11(22)19-12-5-6-14-13(10-12)20-16(21(14)2)7-8-18-17(23)15-4-3-9-24-15/h5-6,10,15H,3-4,7-9H2,1-2H3,(H,18,23)(H,19,22)/t15-/m0/s1. The summed E-state index contributed by atoms with van der Waals surface area (Å²) >= 11 is 0. The zero-order valence-electron chi connectivity index (χ0n) is 14.0. The van der Waals surface area contributed by atoms with E-state index in [9.17, 15) is 9.59 Å². The number of anilines is 1. The van der Waals surface area contributed by atoms with Crippen LogP contribution in [-0.4, -0.2) is 40.6 Å². The summed E-state index contributed by atoms with van der Waals surface area (Å²) in [6, 6.07) is 5.64. The quantitative estimate of drug-likeness (QED) is 0.867. The predicted molar refractivity (Wildman–Crippen MR) is 90.7 cm³/mol. The predicted octanol–water partition coefficient (Wildman–Crippen LogP) is 1.37. The summed E-state index contributed by atoms with van der Waals surface area (Å²) in [4.78, 5) is 27.7.